The standard InChI is InChI=1S/C30H21ClF5N9O3/c1-16-9-18(13-37)10-22(29(47)39-14-17-4-6-20(7-5-17)48-30(34,35)36)21(16)12-25(46)24-11-19(15-44-42-27(26(32)33)40-43-44)41-45(24)28-23(31)3-2-8-38-28/h2-11,26H,12,14-15H2,1H3,(H,39,47). The quantitative estimate of drug-likeness (QED) is 0.144. The largest absolute Gasteiger partial charge is 0.573 e. The molecule has 5 aromatic rings. The molecule has 0 atom stereocenters. The molecular formula is C30H21ClF5N9O3. The molecule has 3 heterocycles. The minimum absolute atomic E-state index is 0.0175. The van der Waals surface area contributed by atoms with Crippen LogP contribution in [0.15, 0.2) is 60.8 Å². The van der Waals surface area contributed by atoms with Crippen LogP contribution in [-0.2, 0) is 19.5 Å². The van der Waals surface area contributed by atoms with Gasteiger partial charge in [-0.3, -0.25) is 9.59 Å². The smallest absolute Gasteiger partial charge is 0.406 e. The Morgan fingerprint density at radius 2 is 1.85 bits per heavy atom. The number of carbonyl (C=O) groups is 2. The first kappa shape index (κ1) is 33.6. The van der Waals surface area contributed by atoms with Gasteiger partial charge in [0.05, 0.1) is 22.3 Å². The first-order valence-electron chi connectivity index (χ1n) is 13.8. The number of nitrogens with zero attached hydrogens (tertiary/aromatic N) is 8. The molecule has 48 heavy (non-hydrogen) atoms. The number of Topliss-reactive ketones (excluding diaryl/α,β-unsaturated/α-hetero) is 1. The number of hydrogen-bond donors (Lipinski definition) is 1. The molecule has 246 valence electrons. The zero-order valence-electron chi connectivity index (χ0n) is 24.5. The van der Waals surface area contributed by atoms with Crippen LogP contribution in [0.2, 0.25) is 5.02 Å². The number of hydrogen-bond acceptors (Lipinski definition) is 9. The molecule has 1 amide bonds. The van der Waals surface area contributed by atoms with Crippen molar-refractivity contribution < 1.29 is 36.3 Å². The lowest BCUT2D eigenvalue weighted by Gasteiger charge is -2.14. The predicted molar refractivity (Wildman–Crippen MR) is 156 cm³/mol. The summed E-state index contributed by atoms with van der Waals surface area (Å²) in [5.74, 6) is -2.32. The molecule has 0 unspecified atom stereocenters. The van der Waals surface area contributed by atoms with Crippen molar-refractivity contribution in [3.8, 4) is 17.6 Å². The maximum Gasteiger partial charge on any atom is 0.573 e. The summed E-state index contributed by atoms with van der Waals surface area (Å²) in [5.41, 5.74) is 1.52. The van der Waals surface area contributed by atoms with E-state index >= 15 is 0 Å². The zero-order chi connectivity index (χ0) is 34.6. The van der Waals surface area contributed by atoms with E-state index < -0.39 is 36.1 Å². The molecular weight excluding hydrogens is 665 g/mol. The number of tetrazole rings is 1. The van der Waals surface area contributed by atoms with E-state index in [9.17, 15) is 36.8 Å². The number of pyridine rings is 1. The second kappa shape index (κ2) is 13.9. The van der Waals surface area contributed by atoms with Crippen molar-refractivity contribution in [1.82, 2.24) is 40.3 Å². The van der Waals surface area contributed by atoms with Gasteiger partial charge in [0.2, 0.25) is 5.82 Å². The first-order chi connectivity index (χ1) is 22.8. The SMILES string of the molecule is Cc1cc(C#N)cc(C(=O)NCc2ccc(OC(F)(F)F)cc2)c1CC(=O)c1cc(Cn2nnc(C(F)F)n2)nn1-c1ncccc1Cl. The van der Waals surface area contributed by atoms with Gasteiger partial charge in [-0.05, 0) is 71.3 Å². The van der Waals surface area contributed by atoms with Crippen LogP contribution < -0.4 is 10.1 Å². The zero-order valence-corrected chi connectivity index (χ0v) is 25.3. The molecule has 0 aliphatic rings. The van der Waals surface area contributed by atoms with Crippen LogP contribution in [-0.4, -0.2) is 53.0 Å². The number of halogens is 6. The highest BCUT2D eigenvalue weighted by Gasteiger charge is 2.31. The van der Waals surface area contributed by atoms with Crippen LogP contribution in [0.25, 0.3) is 5.82 Å². The number of carbonyl (C=O) groups excluding carboxylic acids is 2. The second-order valence-electron chi connectivity index (χ2n) is 10.1. The van der Waals surface area contributed by atoms with Gasteiger partial charge in [0.25, 0.3) is 5.91 Å². The van der Waals surface area contributed by atoms with Crippen LogP contribution in [0.4, 0.5) is 22.0 Å². The lowest BCUT2D eigenvalue weighted by molar-refractivity contribution is -0.274. The molecule has 0 fully saturated rings. The highest BCUT2D eigenvalue weighted by Crippen LogP contribution is 2.25. The van der Waals surface area contributed by atoms with E-state index in [2.05, 4.69) is 35.5 Å². The van der Waals surface area contributed by atoms with Gasteiger partial charge >= 0.3 is 12.8 Å². The van der Waals surface area contributed by atoms with Crippen molar-refractivity contribution in [3.63, 3.8) is 0 Å². The summed E-state index contributed by atoms with van der Waals surface area (Å²) in [6, 6.07) is 14.2. The number of aryl methyl sites for hydroxylation is 1. The highest BCUT2D eigenvalue weighted by molar-refractivity contribution is 6.32. The van der Waals surface area contributed by atoms with E-state index in [4.69, 9.17) is 11.6 Å². The predicted octanol–water partition coefficient (Wildman–Crippen LogP) is 5.33. The third kappa shape index (κ3) is 7.96. The molecule has 0 saturated heterocycles. The molecule has 0 bridgehead atoms. The molecule has 0 saturated carbocycles. The van der Waals surface area contributed by atoms with E-state index in [0.717, 1.165) is 16.9 Å². The van der Waals surface area contributed by atoms with Crippen molar-refractivity contribution in [2.75, 3.05) is 0 Å². The van der Waals surface area contributed by atoms with Gasteiger partial charge in [-0.2, -0.15) is 15.2 Å². The monoisotopic (exact) mass is 685 g/mol. The van der Waals surface area contributed by atoms with Gasteiger partial charge in [-0.25, -0.2) is 18.4 Å². The normalized spacial score (nSPS) is 11.4. The maximum atomic E-state index is 13.9. The van der Waals surface area contributed by atoms with E-state index in [-0.39, 0.29) is 58.4 Å². The Morgan fingerprint density at radius 1 is 1.10 bits per heavy atom. The molecule has 3 aromatic heterocycles. The number of nitrogens with one attached hydrogen (secondary N) is 1. The van der Waals surface area contributed by atoms with E-state index in [0.29, 0.717) is 11.1 Å². The number of amides is 1. The Labute approximate surface area is 272 Å². The maximum absolute atomic E-state index is 13.9. The Hall–Kier alpha value is -5.76. The summed E-state index contributed by atoms with van der Waals surface area (Å²) in [6.45, 7) is 1.30. The molecule has 1 N–H and O–H groups in total. The molecule has 18 heteroatoms. The fraction of sp³-hybridized carbons (Fsp3) is 0.200. The number of ketones is 1. The van der Waals surface area contributed by atoms with Crippen LogP contribution in [0.1, 0.15) is 61.0 Å². The van der Waals surface area contributed by atoms with Crippen molar-refractivity contribution in [1.29, 1.82) is 5.26 Å². The fourth-order valence-corrected chi connectivity index (χ4v) is 4.81. The average Bonchev–Trinajstić information content (AvgIpc) is 3.68. The number of aromatic nitrogens is 7. The summed E-state index contributed by atoms with van der Waals surface area (Å²) in [6.07, 6.45) is -6.72. The molecule has 0 aliphatic carbocycles. The Bertz CT molecular complexity index is 2020. The average molecular weight is 686 g/mol. The first-order valence-corrected chi connectivity index (χ1v) is 14.1. The molecule has 2 aromatic carbocycles. The summed E-state index contributed by atoms with van der Waals surface area (Å²) in [7, 11) is 0. The lowest BCUT2D eigenvalue weighted by atomic mass is 9.93. The van der Waals surface area contributed by atoms with Crippen molar-refractivity contribution in [2.24, 2.45) is 0 Å². The van der Waals surface area contributed by atoms with E-state index in [1.807, 2.05) is 6.07 Å². The number of rotatable bonds is 11. The van der Waals surface area contributed by atoms with Crippen LogP contribution in [0.3, 0.4) is 0 Å². The third-order valence-electron chi connectivity index (χ3n) is 6.75. The van der Waals surface area contributed by atoms with Crippen molar-refractivity contribution >= 4 is 23.3 Å². The van der Waals surface area contributed by atoms with Crippen LogP contribution in [0.5, 0.6) is 5.75 Å². The summed E-state index contributed by atoms with van der Waals surface area (Å²) >= 11 is 6.35. The Balaban J connectivity index is 1.43. The highest BCUT2D eigenvalue weighted by atomic mass is 35.5. The van der Waals surface area contributed by atoms with Crippen molar-refractivity contribution in [3.05, 3.63) is 111 Å². The molecule has 12 nitrogen and oxygen atoms in total. The number of benzene rings is 2. The Morgan fingerprint density at radius 3 is 2.50 bits per heavy atom. The van der Waals surface area contributed by atoms with Gasteiger partial charge in [0.1, 0.15) is 18.0 Å². The van der Waals surface area contributed by atoms with Gasteiger partial charge in [-0.1, -0.05) is 23.7 Å². The summed E-state index contributed by atoms with van der Waals surface area (Å²) in [4.78, 5) is 32.4. The van der Waals surface area contributed by atoms with E-state index in [1.54, 1.807) is 13.0 Å². The summed E-state index contributed by atoms with van der Waals surface area (Å²) in [5, 5.41) is 27.2. The fourth-order valence-electron chi connectivity index (χ4n) is 4.61. The number of nitriles is 1. The van der Waals surface area contributed by atoms with Gasteiger partial charge in [0, 0.05) is 24.7 Å². The van der Waals surface area contributed by atoms with Gasteiger partial charge in [-0.15, -0.1) is 23.4 Å². The number of alkyl halides is 5. The molecule has 0 spiro atoms. The minimum atomic E-state index is -4.86. The van der Waals surface area contributed by atoms with Gasteiger partial charge < -0.3 is 10.1 Å². The van der Waals surface area contributed by atoms with E-state index in [1.165, 1.54) is 47.3 Å². The molecule has 0 radical (unpaired) electrons. The van der Waals surface area contributed by atoms with Gasteiger partial charge in [0.15, 0.2) is 11.6 Å². The van der Waals surface area contributed by atoms with Crippen LogP contribution >= 0.6 is 11.6 Å². The minimum Gasteiger partial charge on any atom is -0.406 e. The lowest BCUT2D eigenvalue weighted by Crippen LogP contribution is -2.25. The second-order valence-corrected chi connectivity index (χ2v) is 10.5. The van der Waals surface area contributed by atoms with Crippen molar-refractivity contribution in [2.45, 2.75) is 39.2 Å². The molecule has 5 rings (SSSR count). The topological polar surface area (TPSA) is 154 Å². The summed E-state index contributed by atoms with van der Waals surface area (Å²) < 4.78 is 68.5. The number of ether oxygens (including phenoxy) is 1. The Kier molecular flexibility index (Phi) is 9.75. The third-order valence-corrected chi connectivity index (χ3v) is 7.04. The van der Waals surface area contributed by atoms with Crippen LogP contribution in [0, 0.1) is 18.3 Å². The molecule has 0 aliphatic heterocycles.